The third kappa shape index (κ3) is 5.53. The van der Waals surface area contributed by atoms with E-state index in [9.17, 15) is 9.18 Å². The normalized spacial score (nSPS) is 12.1. The number of pyridine rings is 1. The van der Waals surface area contributed by atoms with Gasteiger partial charge in [-0.3, -0.25) is 4.98 Å². The second kappa shape index (κ2) is 7.77. The first-order chi connectivity index (χ1) is 11.4. The van der Waals surface area contributed by atoms with Crippen LogP contribution < -0.4 is 10.1 Å². The summed E-state index contributed by atoms with van der Waals surface area (Å²) in [7, 11) is 0. The standard InChI is InChI=1S/C18H21FN2O3/c1-18(2,3)24-17(22)21-11-13(10-19)12-23-15-6-7-16-14(9-15)5-4-8-20-16/h4-10H,11-12H2,1-3H3,(H,21,22)/b13-10-. The minimum Gasteiger partial charge on any atom is -0.489 e. The van der Waals surface area contributed by atoms with Crippen molar-refractivity contribution in [3.05, 3.63) is 48.4 Å². The molecule has 1 N–H and O–H groups in total. The summed E-state index contributed by atoms with van der Waals surface area (Å²) in [6.45, 7) is 5.32. The van der Waals surface area contributed by atoms with E-state index >= 15 is 0 Å². The van der Waals surface area contributed by atoms with E-state index in [2.05, 4.69) is 10.3 Å². The van der Waals surface area contributed by atoms with Crippen LogP contribution in [0.25, 0.3) is 10.9 Å². The number of aromatic nitrogens is 1. The summed E-state index contributed by atoms with van der Waals surface area (Å²) in [6.07, 6.45) is 1.55. The Morgan fingerprint density at radius 1 is 1.33 bits per heavy atom. The van der Waals surface area contributed by atoms with E-state index < -0.39 is 11.7 Å². The first kappa shape index (κ1) is 17.7. The summed E-state index contributed by atoms with van der Waals surface area (Å²) in [6, 6.07) is 9.20. The lowest BCUT2D eigenvalue weighted by Gasteiger charge is -2.20. The highest BCUT2D eigenvalue weighted by Crippen LogP contribution is 2.19. The number of amides is 1. The SMILES string of the molecule is CC(C)(C)OC(=O)NC/C(=C/F)COc1ccc2ncccc2c1. The molecule has 0 aliphatic heterocycles. The predicted octanol–water partition coefficient (Wildman–Crippen LogP) is 3.99. The number of benzene rings is 1. The lowest BCUT2D eigenvalue weighted by atomic mass is 10.2. The van der Waals surface area contributed by atoms with Gasteiger partial charge in [0.05, 0.1) is 11.8 Å². The number of nitrogens with one attached hydrogen (secondary N) is 1. The van der Waals surface area contributed by atoms with Gasteiger partial charge in [0, 0.05) is 23.7 Å². The number of carbonyl (C=O) groups is 1. The van der Waals surface area contributed by atoms with Crippen molar-refractivity contribution in [1.29, 1.82) is 0 Å². The van der Waals surface area contributed by atoms with E-state index in [1.807, 2.05) is 24.3 Å². The Bertz CT molecular complexity index is 738. The fraction of sp³-hybridized carbons (Fsp3) is 0.333. The Morgan fingerprint density at radius 3 is 2.83 bits per heavy atom. The van der Waals surface area contributed by atoms with Gasteiger partial charge in [-0.25, -0.2) is 9.18 Å². The number of alkyl carbamates (subject to hydrolysis) is 1. The molecule has 0 radical (unpaired) electrons. The maximum Gasteiger partial charge on any atom is 0.407 e. The van der Waals surface area contributed by atoms with E-state index in [-0.39, 0.29) is 13.2 Å². The highest BCUT2D eigenvalue weighted by molar-refractivity contribution is 5.79. The molecule has 0 fully saturated rings. The quantitative estimate of drug-likeness (QED) is 0.899. The zero-order chi connectivity index (χ0) is 17.6. The molecule has 0 aliphatic rings. The molecule has 2 aromatic rings. The molecule has 0 unspecified atom stereocenters. The maximum atomic E-state index is 13.0. The summed E-state index contributed by atoms with van der Waals surface area (Å²) in [5.41, 5.74) is 0.559. The number of fused-ring (bicyclic) bond motifs is 1. The molecule has 0 aliphatic carbocycles. The van der Waals surface area contributed by atoms with Crippen molar-refractivity contribution >= 4 is 17.0 Å². The summed E-state index contributed by atoms with van der Waals surface area (Å²) in [5.74, 6) is 0.604. The minimum atomic E-state index is -0.598. The van der Waals surface area contributed by atoms with Crippen LogP contribution in [-0.4, -0.2) is 29.8 Å². The molecule has 0 saturated carbocycles. The van der Waals surface area contributed by atoms with Gasteiger partial charge in [0.2, 0.25) is 0 Å². The molecule has 6 heteroatoms. The Balaban J connectivity index is 1.87. The minimum absolute atomic E-state index is 0.0144. The van der Waals surface area contributed by atoms with Gasteiger partial charge < -0.3 is 14.8 Å². The third-order valence-corrected chi connectivity index (χ3v) is 3.01. The van der Waals surface area contributed by atoms with Crippen LogP contribution in [0.3, 0.4) is 0 Å². The van der Waals surface area contributed by atoms with Gasteiger partial charge in [-0.15, -0.1) is 0 Å². The summed E-state index contributed by atoms with van der Waals surface area (Å²) in [4.78, 5) is 15.8. The van der Waals surface area contributed by atoms with Gasteiger partial charge in [-0.2, -0.15) is 0 Å². The van der Waals surface area contributed by atoms with Crippen molar-refractivity contribution in [3.8, 4) is 5.75 Å². The van der Waals surface area contributed by atoms with Gasteiger partial charge in [-0.05, 0) is 45.0 Å². The molecule has 5 nitrogen and oxygen atoms in total. The second-order valence-electron chi connectivity index (χ2n) is 6.27. The van der Waals surface area contributed by atoms with Gasteiger partial charge in [0.15, 0.2) is 0 Å². The molecule has 2 rings (SSSR count). The average Bonchev–Trinajstić information content (AvgIpc) is 2.53. The van der Waals surface area contributed by atoms with Crippen LogP contribution in [0.4, 0.5) is 9.18 Å². The molecule has 1 amide bonds. The lowest BCUT2D eigenvalue weighted by Crippen LogP contribution is -2.34. The highest BCUT2D eigenvalue weighted by Gasteiger charge is 2.16. The van der Waals surface area contributed by atoms with Gasteiger partial charge in [0.1, 0.15) is 18.0 Å². The van der Waals surface area contributed by atoms with Crippen LogP contribution in [0.2, 0.25) is 0 Å². The monoisotopic (exact) mass is 332 g/mol. The molecule has 1 aromatic carbocycles. The smallest absolute Gasteiger partial charge is 0.407 e. The number of rotatable bonds is 5. The van der Waals surface area contributed by atoms with Crippen molar-refractivity contribution in [2.24, 2.45) is 0 Å². The van der Waals surface area contributed by atoms with Crippen LogP contribution in [-0.2, 0) is 4.74 Å². The van der Waals surface area contributed by atoms with Crippen molar-refractivity contribution in [3.63, 3.8) is 0 Å². The zero-order valence-electron chi connectivity index (χ0n) is 14.0. The van der Waals surface area contributed by atoms with Crippen LogP contribution in [0.5, 0.6) is 5.75 Å². The Hall–Kier alpha value is -2.63. The van der Waals surface area contributed by atoms with Gasteiger partial charge in [0.25, 0.3) is 0 Å². The predicted molar refractivity (Wildman–Crippen MR) is 90.7 cm³/mol. The van der Waals surface area contributed by atoms with E-state index in [0.29, 0.717) is 17.7 Å². The Labute approximate surface area is 140 Å². The molecule has 24 heavy (non-hydrogen) atoms. The zero-order valence-corrected chi connectivity index (χ0v) is 14.0. The van der Waals surface area contributed by atoms with Crippen molar-refractivity contribution in [2.45, 2.75) is 26.4 Å². The van der Waals surface area contributed by atoms with Crippen LogP contribution in [0.15, 0.2) is 48.4 Å². The number of hydrogen-bond acceptors (Lipinski definition) is 4. The molecule has 0 atom stereocenters. The van der Waals surface area contributed by atoms with Crippen LogP contribution >= 0.6 is 0 Å². The molecule has 0 bridgehead atoms. The number of hydrogen-bond donors (Lipinski definition) is 1. The van der Waals surface area contributed by atoms with Crippen molar-refractivity contribution < 1.29 is 18.7 Å². The number of ether oxygens (including phenoxy) is 2. The molecular formula is C18H21FN2O3. The number of halogens is 1. The fourth-order valence-corrected chi connectivity index (χ4v) is 1.94. The van der Waals surface area contributed by atoms with E-state index in [1.165, 1.54) is 0 Å². The molecule has 128 valence electrons. The van der Waals surface area contributed by atoms with Crippen LogP contribution in [0, 0.1) is 0 Å². The highest BCUT2D eigenvalue weighted by atomic mass is 19.1. The van der Waals surface area contributed by atoms with Crippen LogP contribution in [0.1, 0.15) is 20.8 Å². The second-order valence-corrected chi connectivity index (χ2v) is 6.27. The van der Waals surface area contributed by atoms with Crippen molar-refractivity contribution in [1.82, 2.24) is 10.3 Å². The molecular weight excluding hydrogens is 311 g/mol. The van der Waals surface area contributed by atoms with E-state index in [1.54, 1.807) is 33.0 Å². The lowest BCUT2D eigenvalue weighted by molar-refractivity contribution is 0.0531. The molecule has 0 saturated heterocycles. The van der Waals surface area contributed by atoms with E-state index in [0.717, 1.165) is 10.9 Å². The average molecular weight is 332 g/mol. The van der Waals surface area contributed by atoms with E-state index in [4.69, 9.17) is 9.47 Å². The topological polar surface area (TPSA) is 60.5 Å². The molecule has 0 spiro atoms. The van der Waals surface area contributed by atoms with Gasteiger partial charge in [-0.1, -0.05) is 6.07 Å². The fourth-order valence-electron chi connectivity index (χ4n) is 1.94. The summed E-state index contributed by atoms with van der Waals surface area (Å²) in [5, 5.41) is 3.43. The van der Waals surface area contributed by atoms with Crippen molar-refractivity contribution in [2.75, 3.05) is 13.2 Å². The summed E-state index contributed by atoms with van der Waals surface area (Å²) < 4.78 is 23.6. The Morgan fingerprint density at radius 2 is 2.12 bits per heavy atom. The molecule has 1 heterocycles. The first-order valence-electron chi connectivity index (χ1n) is 7.60. The Kier molecular flexibility index (Phi) is 5.73. The number of nitrogens with zero attached hydrogens (tertiary/aromatic N) is 1. The summed E-state index contributed by atoms with van der Waals surface area (Å²) >= 11 is 0. The number of carbonyl (C=O) groups excluding carboxylic acids is 1. The third-order valence-electron chi connectivity index (χ3n) is 3.01. The largest absolute Gasteiger partial charge is 0.489 e. The van der Waals surface area contributed by atoms with Gasteiger partial charge >= 0.3 is 6.09 Å². The maximum absolute atomic E-state index is 13.0. The molecule has 1 aromatic heterocycles. The first-order valence-corrected chi connectivity index (χ1v) is 7.60.